The van der Waals surface area contributed by atoms with Crippen molar-refractivity contribution in [3.05, 3.63) is 90.3 Å². The SMILES string of the molecule is CCc1cccc(-c2nc(-c3cccc(-c4ccccc4)c3)nc(C(C)(C)C)n2)c1. The van der Waals surface area contributed by atoms with Crippen LogP contribution in [-0.2, 0) is 11.8 Å². The van der Waals surface area contributed by atoms with Crippen molar-refractivity contribution in [1.82, 2.24) is 15.0 Å². The first kappa shape index (κ1) is 20.0. The summed E-state index contributed by atoms with van der Waals surface area (Å²) in [6.45, 7) is 8.57. The van der Waals surface area contributed by atoms with Crippen molar-refractivity contribution >= 4 is 0 Å². The maximum absolute atomic E-state index is 4.88. The van der Waals surface area contributed by atoms with Gasteiger partial charge in [0.15, 0.2) is 11.6 Å². The summed E-state index contributed by atoms with van der Waals surface area (Å²) in [6, 6.07) is 27.3. The minimum Gasteiger partial charge on any atom is -0.212 e. The number of nitrogens with zero attached hydrogens (tertiary/aromatic N) is 3. The van der Waals surface area contributed by atoms with E-state index in [4.69, 9.17) is 15.0 Å². The Bertz CT molecular complexity index is 1160. The van der Waals surface area contributed by atoms with Gasteiger partial charge in [-0.25, -0.2) is 15.0 Å². The highest BCUT2D eigenvalue weighted by molar-refractivity contribution is 5.71. The quantitative estimate of drug-likeness (QED) is 0.386. The molecular formula is C27H27N3. The largest absolute Gasteiger partial charge is 0.212 e. The summed E-state index contributed by atoms with van der Waals surface area (Å²) in [5.41, 5.74) is 5.46. The van der Waals surface area contributed by atoms with Gasteiger partial charge in [0.2, 0.25) is 0 Å². The maximum Gasteiger partial charge on any atom is 0.163 e. The van der Waals surface area contributed by atoms with E-state index in [1.54, 1.807) is 0 Å². The van der Waals surface area contributed by atoms with Crippen molar-refractivity contribution in [3.63, 3.8) is 0 Å². The normalized spacial score (nSPS) is 11.5. The topological polar surface area (TPSA) is 38.7 Å². The molecule has 0 amide bonds. The number of hydrogen-bond acceptors (Lipinski definition) is 3. The van der Waals surface area contributed by atoms with Crippen molar-refractivity contribution in [3.8, 4) is 33.9 Å². The average Bonchev–Trinajstić information content (AvgIpc) is 2.79. The van der Waals surface area contributed by atoms with Crippen LogP contribution in [0.25, 0.3) is 33.9 Å². The fraction of sp³-hybridized carbons (Fsp3) is 0.222. The Balaban J connectivity index is 1.86. The lowest BCUT2D eigenvalue weighted by molar-refractivity contribution is 0.543. The average molecular weight is 394 g/mol. The van der Waals surface area contributed by atoms with Gasteiger partial charge in [0.25, 0.3) is 0 Å². The second-order valence-electron chi connectivity index (χ2n) is 8.56. The van der Waals surface area contributed by atoms with Gasteiger partial charge in [-0.1, -0.05) is 94.4 Å². The minimum absolute atomic E-state index is 0.175. The molecule has 3 heteroatoms. The predicted molar refractivity (Wildman–Crippen MR) is 124 cm³/mol. The van der Waals surface area contributed by atoms with Crippen LogP contribution >= 0.6 is 0 Å². The van der Waals surface area contributed by atoms with Crippen molar-refractivity contribution in [1.29, 1.82) is 0 Å². The van der Waals surface area contributed by atoms with Gasteiger partial charge in [-0.05, 0) is 35.2 Å². The molecule has 3 aromatic carbocycles. The van der Waals surface area contributed by atoms with Crippen molar-refractivity contribution < 1.29 is 0 Å². The highest BCUT2D eigenvalue weighted by Gasteiger charge is 2.21. The molecule has 1 heterocycles. The van der Waals surface area contributed by atoms with Crippen molar-refractivity contribution in [2.24, 2.45) is 0 Å². The fourth-order valence-electron chi connectivity index (χ4n) is 3.37. The first-order valence-electron chi connectivity index (χ1n) is 10.5. The molecule has 1 aromatic heterocycles. The van der Waals surface area contributed by atoms with Gasteiger partial charge < -0.3 is 0 Å². The maximum atomic E-state index is 4.88. The Hall–Kier alpha value is -3.33. The zero-order valence-corrected chi connectivity index (χ0v) is 18.1. The van der Waals surface area contributed by atoms with E-state index >= 15 is 0 Å². The Labute approximate surface area is 178 Å². The molecule has 0 saturated heterocycles. The molecule has 150 valence electrons. The summed E-state index contributed by atoms with van der Waals surface area (Å²) in [5, 5.41) is 0. The summed E-state index contributed by atoms with van der Waals surface area (Å²) < 4.78 is 0. The van der Waals surface area contributed by atoms with Crippen LogP contribution in [-0.4, -0.2) is 15.0 Å². The van der Waals surface area contributed by atoms with Crippen LogP contribution < -0.4 is 0 Å². The van der Waals surface area contributed by atoms with E-state index in [0.29, 0.717) is 5.82 Å². The minimum atomic E-state index is -0.175. The molecule has 0 unspecified atom stereocenters. The number of aromatic nitrogens is 3. The van der Waals surface area contributed by atoms with E-state index in [-0.39, 0.29) is 5.41 Å². The zero-order valence-electron chi connectivity index (χ0n) is 18.1. The van der Waals surface area contributed by atoms with Gasteiger partial charge >= 0.3 is 0 Å². The third-order valence-electron chi connectivity index (χ3n) is 5.13. The molecule has 4 rings (SSSR count). The van der Waals surface area contributed by atoms with Crippen LogP contribution in [0.5, 0.6) is 0 Å². The summed E-state index contributed by atoms with van der Waals surface area (Å²) in [5.74, 6) is 2.24. The number of hydrogen-bond donors (Lipinski definition) is 0. The van der Waals surface area contributed by atoms with Gasteiger partial charge in [-0.3, -0.25) is 0 Å². The summed E-state index contributed by atoms with van der Waals surface area (Å²) in [7, 11) is 0. The van der Waals surface area contributed by atoms with Gasteiger partial charge in [0, 0.05) is 16.5 Å². The molecule has 0 atom stereocenters. The fourth-order valence-corrected chi connectivity index (χ4v) is 3.37. The van der Waals surface area contributed by atoms with Crippen molar-refractivity contribution in [2.75, 3.05) is 0 Å². The summed E-state index contributed by atoms with van der Waals surface area (Å²) in [6.07, 6.45) is 0.983. The lowest BCUT2D eigenvalue weighted by atomic mass is 9.95. The molecule has 0 saturated carbocycles. The van der Waals surface area contributed by atoms with Gasteiger partial charge in [0.05, 0.1) is 0 Å². The van der Waals surface area contributed by atoms with Gasteiger partial charge in [-0.15, -0.1) is 0 Å². The van der Waals surface area contributed by atoms with Crippen LogP contribution in [0, 0.1) is 0 Å². The van der Waals surface area contributed by atoms with Gasteiger partial charge in [-0.2, -0.15) is 0 Å². The molecule has 0 spiro atoms. The second-order valence-corrected chi connectivity index (χ2v) is 8.56. The van der Waals surface area contributed by atoms with E-state index < -0.39 is 0 Å². The summed E-state index contributed by atoms with van der Waals surface area (Å²) >= 11 is 0. The third-order valence-corrected chi connectivity index (χ3v) is 5.13. The third kappa shape index (κ3) is 4.30. The monoisotopic (exact) mass is 393 g/mol. The number of benzene rings is 3. The molecule has 30 heavy (non-hydrogen) atoms. The second kappa shape index (κ2) is 8.19. The highest BCUT2D eigenvalue weighted by Crippen LogP contribution is 2.28. The molecule has 4 aromatic rings. The Morgan fingerprint density at radius 2 is 1.17 bits per heavy atom. The molecular weight excluding hydrogens is 366 g/mol. The standard InChI is InChI=1S/C27H27N3/c1-5-19-11-9-15-22(17-19)24-28-25(30-26(29-24)27(2,3)4)23-16-10-14-21(18-23)20-12-7-6-8-13-20/h6-18H,5H2,1-4H3. The number of aryl methyl sites for hydroxylation is 1. The van der Waals surface area contributed by atoms with E-state index in [9.17, 15) is 0 Å². The summed E-state index contributed by atoms with van der Waals surface area (Å²) in [4.78, 5) is 14.6. The van der Waals surface area contributed by atoms with Crippen LogP contribution in [0.4, 0.5) is 0 Å². The zero-order chi connectivity index (χ0) is 21.1. The number of rotatable bonds is 4. The van der Waals surface area contributed by atoms with Crippen molar-refractivity contribution in [2.45, 2.75) is 39.5 Å². The molecule has 0 N–H and O–H groups in total. The first-order valence-corrected chi connectivity index (χ1v) is 10.5. The smallest absolute Gasteiger partial charge is 0.163 e. The Morgan fingerprint density at radius 1 is 0.600 bits per heavy atom. The lowest BCUT2D eigenvalue weighted by Gasteiger charge is -2.18. The van der Waals surface area contributed by atoms with E-state index in [2.05, 4.69) is 100 Å². The Morgan fingerprint density at radius 3 is 1.80 bits per heavy atom. The van der Waals surface area contributed by atoms with Gasteiger partial charge in [0.1, 0.15) is 5.82 Å². The van der Waals surface area contributed by atoms with Crippen LogP contribution in [0.15, 0.2) is 78.9 Å². The van der Waals surface area contributed by atoms with Crippen LogP contribution in [0.1, 0.15) is 39.1 Å². The molecule has 0 aliphatic carbocycles. The molecule has 0 fully saturated rings. The predicted octanol–water partition coefficient (Wildman–Crippen LogP) is 6.73. The molecule has 0 radical (unpaired) electrons. The highest BCUT2D eigenvalue weighted by atomic mass is 15.0. The van der Waals surface area contributed by atoms with E-state index in [1.807, 2.05) is 6.07 Å². The molecule has 3 nitrogen and oxygen atoms in total. The lowest BCUT2D eigenvalue weighted by Crippen LogP contribution is -2.18. The Kier molecular flexibility index (Phi) is 5.45. The van der Waals surface area contributed by atoms with Crippen LogP contribution in [0.2, 0.25) is 0 Å². The first-order chi connectivity index (χ1) is 14.4. The van der Waals surface area contributed by atoms with Crippen LogP contribution in [0.3, 0.4) is 0 Å². The molecule has 0 aliphatic heterocycles. The molecule has 0 bridgehead atoms. The molecule has 0 aliphatic rings. The van der Waals surface area contributed by atoms with E-state index in [0.717, 1.165) is 34.8 Å². The van der Waals surface area contributed by atoms with E-state index in [1.165, 1.54) is 11.1 Å².